The molecule has 0 aromatic heterocycles. The van der Waals surface area contributed by atoms with Crippen molar-refractivity contribution in [3.8, 4) is 0 Å². The second-order valence-corrected chi connectivity index (χ2v) is 4.86. The molecule has 0 saturated carbocycles. The number of hydrogen-bond donors (Lipinski definition) is 3. The van der Waals surface area contributed by atoms with Gasteiger partial charge in [-0.3, -0.25) is 0 Å². The highest BCUT2D eigenvalue weighted by molar-refractivity contribution is 5.74. The number of nitrogens with one attached hydrogen (secondary N) is 3. The summed E-state index contributed by atoms with van der Waals surface area (Å²) in [6, 6.07) is 8.37. The van der Waals surface area contributed by atoms with Crippen LogP contribution in [-0.2, 0) is 6.54 Å². The SMILES string of the molecule is Cc1ccc(CNC(=O)NC2CCCNC2)cc1. The van der Waals surface area contributed by atoms with Crippen LogP contribution in [0.4, 0.5) is 4.79 Å². The molecule has 1 unspecified atom stereocenters. The van der Waals surface area contributed by atoms with Gasteiger partial charge in [0.25, 0.3) is 0 Å². The van der Waals surface area contributed by atoms with Crippen LogP contribution in [-0.4, -0.2) is 25.2 Å². The molecule has 1 aliphatic heterocycles. The Labute approximate surface area is 108 Å². The molecule has 3 N–H and O–H groups in total. The summed E-state index contributed by atoms with van der Waals surface area (Å²) < 4.78 is 0. The first-order chi connectivity index (χ1) is 8.74. The molecule has 1 aromatic rings. The Morgan fingerprint density at radius 1 is 1.39 bits per heavy atom. The minimum atomic E-state index is -0.0794. The number of rotatable bonds is 3. The van der Waals surface area contributed by atoms with E-state index in [1.807, 2.05) is 12.1 Å². The summed E-state index contributed by atoms with van der Waals surface area (Å²) in [7, 11) is 0. The Hall–Kier alpha value is -1.55. The fourth-order valence-corrected chi connectivity index (χ4v) is 2.10. The number of carbonyl (C=O) groups is 1. The Morgan fingerprint density at radius 2 is 2.17 bits per heavy atom. The highest BCUT2D eigenvalue weighted by Gasteiger charge is 2.14. The van der Waals surface area contributed by atoms with E-state index in [4.69, 9.17) is 0 Å². The third-order valence-electron chi connectivity index (χ3n) is 3.21. The molecule has 2 rings (SSSR count). The molecule has 2 amide bonds. The molecule has 1 fully saturated rings. The van der Waals surface area contributed by atoms with Crippen molar-refractivity contribution in [3.05, 3.63) is 35.4 Å². The lowest BCUT2D eigenvalue weighted by molar-refractivity contribution is 0.233. The van der Waals surface area contributed by atoms with Gasteiger partial charge < -0.3 is 16.0 Å². The van der Waals surface area contributed by atoms with Crippen molar-refractivity contribution in [1.29, 1.82) is 0 Å². The topological polar surface area (TPSA) is 53.2 Å². The summed E-state index contributed by atoms with van der Waals surface area (Å²) in [6.45, 7) is 4.56. The van der Waals surface area contributed by atoms with Gasteiger partial charge in [-0.1, -0.05) is 29.8 Å². The molecule has 1 saturated heterocycles. The van der Waals surface area contributed by atoms with E-state index in [9.17, 15) is 4.79 Å². The zero-order valence-corrected chi connectivity index (χ0v) is 10.8. The van der Waals surface area contributed by atoms with E-state index in [2.05, 4.69) is 35.0 Å². The third kappa shape index (κ3) is 4.04. The van der Waals surface area contributed by atoms with Crippen LogP contribution in [0.15, 0.2) is 24.3 Å². The van der Waals surface area contributed by atoms with Crippen molar-refractivity contribution in [1.82, 2.24) is 16.0 Å². The van der Waals surface area contributed by atoms with Crippen LogP contribution in [0.2, 0.25) is 0 Å². The molecule has 4 nitrogen and oxygen atoms in total. The standard InChI is InChI=1S/C14H21N3O/c1-11-4-6-12(7-5-11)9-16-14(18)17-13-3-2-8-15-10-13/h4-7,13,15H,2-3,8-10H2,1H3,(H2,16,17,18). The Kier molecular flexibility index (Phi) is 4.59. The molecule has 0 bridgehead atoms. The van der Waals surface area contributed by atoms with Crippen LogP contribution in [0, 0.1) is 6.92 Å². The summed E-state index contributed by atoms with van der Waals surface area (Å²) in [5.41, 5.74) is 2.36. The van der Waals surface area contributed by atoms with E-state index in [1.54, 1.807) is 0 Å². The number of hydrogen-bond acceptors (Lipinski definition) is 2. The van der Waals surface area contributed by atoms with E-state index in [1.165, 1.54) is 5.56 Å². The van der Waals surface area contributed by atoms with Crippen molar-refractivity contribution in [3.63, 3.8) is 0 Å². The minimum Gasteiger partial charge on any atom is -0.334 e. The highest BCUT2D eigenvalue weighted by atomic mass is 16.2. The predicted molar refractivity (Wildman–Crippen MR) is 72.4 cm³/mol. The quantitative estimate of drug-likeness (QED) is 0.759. The first-order valence-electron chi connectivity index (χ1n) is 6.54. The maximum atomic E-state index is 11.7. The first-order valence-corrected chi connectivity index (χ1v) is 6.54. The molecular formula is C14H21N3O. The Balaban J connectivity index is 1.72. The average Bonchev–Trinajstić information content (AvgIpc) is 2.39. The van der Waals surface area contributed by atoms with Gasteiger partial charge >= 0.3 is 6.03 Å². The molecule has 18 heavy (non-hydrogen) atoms. The van der Waals surface area contributed by atoms with Gasteiger partial charge in [-0.25, -0.2) is 4.79 Å². The molecule has 1 aliphatic rings. The van der Waals surface area contributed by atoms with Crippen molar-refractivity contribution >= 4 is 6.03 Å². The molecule has 1 atom stereocenters. The number of carbonyl (C=O) groups excluding carboxylic acids is 1. The summed E-state index contributed by atoms with van der Waals surface area (Å²) in [4.78, 5) is 11.7. The lowest BCUT2D eigenvalue weighted by Gasteiger charge is -2.23. The molecule has 0 radical (unpaired) electrons. The van der Waals surface area contributed by atoms with Crippen LogP contribution in [0.3, 0.4) is 0 Å². The minimum absolute atomic E-state index is 0.0794. The molecule has 0 aliphatic carbocycles. The smallest absolute Gasteiger partial charge is 0.315 e. The van der Waals surface area contributed by atoms with Crippen molar-refractivity contribution in [2.24, 2.45) is 0 Å². The van der Waals surface area contributed by atoms with E-state index in [-0.39, 0.29) is 12.1 Å². The van der Waals surface area contributed by atoms with Crippen LogP contribution in [0.1, 0.15) is 24.0 Å². The summed E-state index contributed by atoms with van der Waals surface area (Å²) in [5, 5.41) is 9.15. The predicted octanol–water partition coefficient (Wildman–Crippen LogP) is 1.55. The zero-order chi connectivity index (χ0) is 12.8. The molecule has 0 spiro atoms. The largest absolute Gasteiger partial charge is 0.334 e. The molecule has 4 heteroatoms. The van der Waals surface area contributed by atoms with Crippen molar-refractivity contribution in [2.75, 3.05) is 13.1 Å². The average molecular weight is 247 g/mol. The van der Waals surface area contributed by atoms with Crippen molar-refractivity contribution in [2.45, 2.75) is 32.4 Å². The maximum absolute atomic E-state index is 11.7. The number of piperidine rings is 1. The van der Waals surface area contributed by atoms with Gasteiger partial charge in [-0.05, 0) is 31.9 Å². The maximum Gasteiger partial charge on any atom is 0.315 e. The van der Waals surface area contributed by atoms with Gasteiger partial charge in [0.15, 0.2) is 0 Å². The van der Waals surface area contributed by atoms with E-state index in [0.717, 1.165) is 31.5 Å². The third-order valence-corrected chi connectivity index (χ3v) is 3.21. The van der Waals surface area contributed by atoms with Crippen molar-refractivity contribution < 1.29 is 4.79 Å². The van der Waals surface area contributed by atoms with Gasteiger partial charge in [0, 0.05) is 19.1 Å². The lowest BCUT2D eigenvalue weighted by atomic mass is 10.1. The summed E-state index contributed by atoms with van der Waals surface area (Å²) in [5.74, 6) is 0. The molecule has 1 heterocycles. The Morgan fingerprint density at radius 3 is 2.83 bits per heavy atom. The number of amides is 2. The number of benzene rings is 1. The monoisotopic (exact) mass is 247 g/mol. The fraction of sp³-hybridized carbons (Fsp3) is 0.500. The van der Waals surface area contributed by atoms with Gasteiger partial charge in [0.05, 0.1) is 0 Å². The first kappa shape index (κ1) is 12.9. The molecular weight excluding hydrogens is 226 g/mol. The molecule has 98 valence electrons. The van der Waals surface area contributed by atoms with Gasteiger partial charge in [-0.15, -0.1) is 0 Å². The van der Waals surface area contributed by atoms with Gasteiger partial charge in [0.2, 0.25) is 0 Å². The number of aryl methyl sites for hydroxylation is 1. The van der Waals surface area contributed by atoms with Crippen LogP contribution >= 0.6 is 0 Å². The van der Waals surface area contributed by atoms with Crippen LogP contribution in [0.5, 0.6) is 0 Å². The van der Waals surface area contributed by atoms with E-state index >= 15 is 0 Å². The normalized spacial score (nSPS) is 19.3. The van der Waals surface area contributed by atoms with Crippen LogP contribution in [0.25, 0.3) is 0 Å². The summed E-state index contributed by atoms with van der Waals surface area (Å²) in [6.07, 6.45) is 2.19. The zero-order valence-electron chi connectivity index (χ0n) is 10.8. The van der Waals surface area contributed by atoms with E-state index in [0.29, 0.717) is 6.54 Å². The number of urea groups is 1. The fourth-order valence-electron chi connectivity index (χ4n) is 2.10. The lowest BCUT2D eigenvalue weighted by Crippen LogP contribution is -2.48. The summed E-state index contributed by atoms with van der Waals surface area (Å²) >= 11 is 0. The molecule has 1 aromatic carbocycles. The second kappa shape index (κ2) is 6.40. The second-order valence-electron chi connectivity index (χ2n) is 4.86. The van der Waals surface area contributed by atoms with E-state index < -0.39 is 0 Å². The highest BCUT2D eigenvalue weighted by Crippen LogP contribution is 2.03. The van der Waals surface area contributed by atoms with Crippen LogP contribution < -0.4 is 16.0 Å². The Bertz CT molecular complexity index is 383. The van der Waals surface area contributed by atoms with Gasteiger partial charge in [-0.2, -0.15) is 0 Å². The van der Waals surface area contributed by atoms with Gasteiger partial charge in [0.1, 0.15) is 0 Å².